The fourth-order valence-electron chi connectivity index (χ4n) is 1.63. The minimum atomic E-state index is 0.568. The average molecular weight is 171 g/mol. The van der Waals surface area contributed by atoms with Crippen molar-refractivity contribution in [1.29, 1.82) is 0 Å². The highest BCUT2D eigenvalue weighted by Crippen LogP contribution is 2.19. The lowest BCUT2D eigenvalue weighted by atomic mass is 9.98. The topological polar surface area (TPSA) is 12.5 Å². The molecule has 0 N–H and O–H groups in total. The first-order valence-corrected chi connectivity index (χ1v) is 5.05. The summed E-state index contributed by atoms with van der Waals surface area (Å²) in [7, 11) is 4.18. The Morgan fingerprint density at radius 1 is 1.17 bits per heavy atom. The molecule has 0 aromatic carbocycles. The summed E-state index contributed by atoms with van der Waals surface area (Å²) in [5.74, 6) is 0. The van der Waals surface area contributed by atoms with Crippen LogP contribution < -0.4 is 0 Å². The molecule has 0 aliphatic heterocycles. The Bertz CT molecular complexity index is 108. The third kappa shape index (κ3) is 4.07. The van der Waals surface area contributed by atoms with Crippen molar-refractivity contribution in [3.63, 3.8) is 0 Å². The van der Waals surface area contributed by atoms with Gasteiger partial charge in [0.05, 0.1) is 12.7 Å². The fourth-order valence-corrected chi connectivity index (χ4v) is 1.63. The van der Waals surface area contributed by atoms with Crippen LogP contribution in [0.15, 0.2) is 0 Å². The van der Waals surface area contributed by atoms with Gasteiger partial charge in [-0.3, -0.25) is 0 Å². The number of nitrogens with zero attached hydrogens (tertiary/aromatic N) is 1. The lowest BCUT2D eigenvalue weighted by molar-refractivity contribution is 0.0214. The largest absolute Gasteiger partial charge is 0.377 e. The van der Waals surface area contributed by atoms with Crippen LogP contribution >= 0.6 is 0 Å². The number of hydrogen-bond acceptors (Lipinski definition) is 2. The molecule has 0 aromatic rings. The Morgan fingerprint density at radius 3 is 2.42 bits per heavy atom. The lowest BCUT2D eigenvalue weighted by Gasteiger charge is -2.22. The maximum Gasteiger partial charge on any atom is 0.0596 e. The number of ether oxygens (including phenoxy) is 1. The molecule has 0 radical (unpaired) electrons. The van der Waals surface area contributed by atoms with Gasteiger partial charge in [-0.25, -0.2) is 0 Å². The molecule has 1 rings (SSSR count). The van der Waals surface area contributed by atoms with Gasteiger partial charge in [0.25, 0.3) is 0 Å². The molecule has 0 aromatic heterocycles. The summed E-state index contributed by atoms with van der Waals surface area (Å²) in [5, 5.41) is 0. The number of hydrogen-bond donors (Lipinski definition) is 0. The fraction of sp³-hybridized carbons (Fsp3) is 1.00. The lowest BCUT2D eigenvalue weighted by Crippen LogP contribution is -2.23. The Labute approximate surface area is 75.9 Å². The van der Waals surface area contributed by atoms with Crippen LogP contribution in [0, 0.1) is 0 Å². The van der Waals surface area contributed by atoms with Gasteiger partial charge >= 0.3 is 0 Å². The molecule has 72 valence electrons. The van der Waals surface area contributed by atoms with Crippen molar-refractivity contribution in [2.45, 2.75) is 38.2 Å². The van der Waals surface area contributed by atoms with Crippen molar-refractivity contribution in [1.82, 2.24) is 4.90 Å². The molecule has 1 aliphatic carbocycles. The van der Waals surface area contributed by atoms with E-state index in [4.69, 9.17) is 4.74 Å². The van der Waals surface area contributed by atoms with Crippen molar-refractivity contribution in [2.24, 2.45) is 0 Å². The van der Waals surface area contributed by atoms with Gasteiger partial charge in [-0.05, 0) is 26.9 Å². The first-order chi connectivity index (χ1) is 5.79. The van der Waals surface area contributed by atoms with Crippen LogP contribution in [0.25, 0.3) is 0 Å². The van der Waals surface area contributed by atoms with Crippen LogP contribution in [0.5, 0.6) is 0 Å². The van der Waals surface area contributed by atoms with Gasteiger partial charge in [0.2, 0.25) is 0 Å². The van der Waals surface area contributed by atoms with Crippen molar-refractivity contribution < 1.29 is 4.74 Å². The van der Waals surface area contributed by atoms with E-state index in [0.29, 0.717) is 6.10 Å². The highest BCUT2D eigenvalue weighted by molar-refractivity contribution is 4.65. The molecule has 0 atom stereocenters. The van der Waals surface area contributed by atoms with Crippen LogP contribution in [0.1, 0.15) is 32.1 Å². The third-order valence-corrected chi connectivity index (χ3v) is 2.44. The van der Waals surface area contributed by atoms with Crippen LogP contribution in [-0.4, -0.2) is 38.3 Å². The molecule has 1 aliphatic rings. The molecule has 0 unspecified atom stereocenters. The zero-order valence-electron chi connectivity index (χ0n) is 8.38. The van der Waals surface area contributed by atoms with Gasteiger partial charge in [0.15, 0.2) is 0 Å². The van der Waals surface area contributed by atoms with Gasteiger partial charge in [0.1, 0.15) is 0 Å². The van der Waals surface area contributed by atoms with E-state index < -0.39 is 0 Å². The second-order valence-electron chi connectivity index (χ2n) is 3.93. The standard InChI is InChI=1S/C10H21NO/c1-11(2)8-9-12-10-6-4-3-5-7-10/h10H,3-9H2,1-2H3. The monoisotopic (exact) mass is 171 g/mol. The first kappa shape index (κ1) is 10.0. The molecule has 0 spiro atoms. The van der Waals surface area contributed by atoms with E-state index in [0.717, 1.165) is 13.2 Å². The smallest absolute Gasteiger partial charge is 0.0596 e. The summed E-state index contributed by atoms with van der Waals surface area (Å²) in [6.45, 7) is 1.95. The maximum atomic E-state index is 5.75. The summed E-state index contributed by atoms with van der Waals surface area (Å²) in [4.78, 5) is 2.17. The van der Waals surface area contributed by atoms with Crippen molar-refractivity contribution in [3.05, 3.63) is 0 Å². The molecule has 0 heterocycles. The summed E-state index contributed by atoms with van der Waals surface area (Å²) in [6.07, 6.45) is 7.28. The van der Waals surface area contributed by atoms with E-state index in [2.05, 4.69) is 19.0 Å². The molecule has 1 fully saturated rings. The van der Waals surface area contributed by atoms with E-state index in [1.165, 1.54) is 32.1 Å². The summed E-state index contributed by atoms with van der Waals surface area (Å²) < 4.78 is 5.75. The molecule has 0 amide bonds. The van der Waals surface area contributed by atoms with Crippen LogP contribution in [-0.2, 0) is 4.74 Å². The Balaban J connectivity index is 1.98. The van der Waals surface area contributed by atoms with Gasteiger partial charge in [-0.15, -0.1) is 0 Å². The van der Waals surface area contributed by atoms with Gasteiger partial charge < -0.3 is 9.64 Å². The van der Waals surface area contributed by atoms with Gasteiger partial charge in [-0.2, -0.15) is 0 Å². The molecule has 0 bridgehead atoms. The minimum Gasteiger partial charge on any atom is -0.377 e. The molecular formula is C10H21NO. The number of rotatable bonds is 4. The Hall–Kier alpha value is -0.0800. The maximum absolute atomic E-state index is 5.75. The highest BCUT2D eigenvalue weighted by Gasteiger charge is 2.12. The third-order valence-electron chi connectivity index (χ3n) is 2.44. The van der Waals surface area contributed by atoms with Crippen LogP contribution in [0.4, 0.5) is 0 Å². The molecule has 2 nitrogen and oxygen atoms in total. The molecule has 1 saturated carbocycles. The second-order valence-corrected chi connectivity index (χ2v) is 3.93. The second kappa shape index (κ2) is 5.55. The molecule has 0 saturated heterocycles. The van der Waals surface area contributed by atoms with E-state index in [1.54, 1.807) is 0 Å². The zero-order chi connectivity index (χ0) is 8.81. The van der Waals surface area contributed by atoms with Crippen LogP contribution in [0.2, 0.25) is 0 Å². The summed E-state index contributed by atoms with van der Waals surface area (Å²) >= 11 is 0. The van der Waals surface area contributed by atoms with E-state index in [1.807, 2.05) is 0 Å². The van der Waals surface area contributed by atoms with Gasteiger partial charge in [0, 0.05) is 6.54 Å². The Morgan fingerprint density at radius 2 is 1.83 bits per heavy atom. The quantitative estimate of drug-likeness (QED) is 0.640. The predicted molar refractivity (Wildman–Crippen MR) is 51.4 cm³/mol. The summed E-state index contributed by atoms with van der Waals surface area (Å²) in [6, 6.07) is 0. The van der Waals surface area contributed by atoms with Gasteiger partial charge in [-0.1, -0.05) is 19.3 Å². The van der Waals surface area contributed by atoms with Crippen molar-refractivity contribution in [3.8, 4) is 0 Å². The average Bonchev–Trinajstić information content (AvgIpc) is 2.05. The Kier molecular flexibility index (Phi) is 4.62. The van der Waals surface area contributed by atoms with E-state index >= 15 is 0 Å². The van der Waals surface area contributed by atoms with E-state index in [9.17, 15) is 0 Å². The number of likely N-dealkylation sites (N-methyl/N-ethyl adjacent to an activating group) is 1. The highest BCUT2D eigenvalue weighted by atomic mass is 16.5. The molecule has 12 heavy (non-hydrogen) atoms. The zero-order valence-corrected chi connectivity index (χ0v) is 8.38. The SMILES string of the molecule is CN(C)CCOC1CCCCC1. The minimum absolute atomic E-state index is 0.568. The van der Waals surface area contributed by atoms with E-state index in [-0.39, 0.29) is 0 Å². The summed E-state index contributed by atoms with van der Waals surface area (Å²) in [5.41, 5.74) is 0. The normalized spacial score (nSPS) is 20.2. The van der Waals surface area contributed by atoms with Crippen molar-refractivity contribution in [2.75, 3.05) is 27.2 Å². The van der Waals surface area contributed by atoms with Crippen molar-refractivity contribution >= 4 is 0 Å². The molecule has 2 heteroatoms. The molecular weight excluding hydrogens is 150 g/mol. The van der Waals surface area contributed by atoms with Crippen LogP contribution in [0.3, 0.4) is 0 Å². The predicted octanol–water partition coefficient (Wildman–Crippen LogP) is 1.90. The first-order valence-electron chi connectivity index (χ1n) is 5.05.